The lowest BCUT2D eigenvalue weighted by Crippen LogP contribution is -2.38. The van der Waals surface area contributed by atoms with E-state index >= 15 is 0 Å². The van der Waals surface area contributed by atoms with E-state index in [9.17, 15) is 33.4 Å². The minimum atomic E-state index is -4.14. The Bertz CT molecular complexity index is 938. The topological polar surface area (TPSA) is 162 Å². The molecule has 0 bridgehead atoms. The van der Waals surface area contributed by atoms with Crippen molar-refractivity contribution in [1.82, 2.24) is 9.62 Å². The highest BCUT2D eigenvalue weighted by atomic mass is 32.2. The van der Waals surface area contributed by atoms with Gasteiger partial charge in [0.05, 0.1) is 9.82 Å². The number of carbonyl (C=O) groups excluding carboxylic acids is 1. The number of likely N-dealkylation sites (N-methyl/N-ethyl adjacent to an activating group) is 1. The molecule has 0 aliphatic rings. The normalized spacial score (nSPS) is 12.5. The van der Waals surface area contributed by atoms with Crippen molar-refractivity contribution in [3.63, 3.8) is 0 Å². The molecule has 0 unspecified atom stereocenters. The molecule has 12 nitrogen and oxygen atoms in total. The first-order valence-electron chi connectivity index (χ1n) is 8.86. The van der Waals surface area contributed by atoms with Gasteiger partial charge in [-0.3, -0.25) is 20.2 Å². The minimum Gasteiger partial charge on any atom is -0.444 e. The fraction of sp³-hybridized carbons (Fsp3) is 0.588. The number of amides is 1. The lowest BCUT2D eigenvalue weighted by Gasteiger charge is -2.21. The van der Waals surface area contributed by atoms with Crippen molar-refractivity contribution in [3.05, 3.63) is 44.0 Å². The van der Waals surface area contributed by atoms with Crippen LogP contribution in [0.5, 0.6) is 0 Å². The fourth-order valence-corrected chi connectivity index (χ4v) is 3.56. The number of benzene rings is 1. The Morgan fingerprint density at radius 3 is 2.20 bits per heavy atom. The average molecular weight is 446 g/mol. The Kier molecular flexibility index (Phi) is 7.50. The van der Waals surface area contributed by atoms with Crippen LogP contribution in [0.15, 0.2) is 23.1 Å². The van der Waals surface area contributed by atoms with Gasteiger partial charge in [-0.1, -0.05) is 0 Å². The first-order valence-corrected chi connectivity index (χ1v) is 10.3. The number of alkyl carbamates (subject to hydrolysis) is 1. The highest BCUT2D eigenvalue weighted by Crippen LogP contribution is 2.34. The van der Waals surface area contributed by atoms with E-state index in [-0.39, 0.29) is 18.7 Å². The lowest BCUT2D eigenvalue weighted by atomic mass is 9.93. The summed E-state index contributed by atoms with van der Waals surface area (Å²) in [5.41, 5.74) is -3.38. The molecule has 0 fully saturated rings. The van der Waals surface area contributed by atoms with Gasteiger partial charge in [-0.2, -0.15) is 4.31 Å². The fourth-order valence-electron chi connectivity index (χ4n) is 2.37. The zero-order valence-corrected chi connectivity index (χ0v) is 18.5. The predicted octanol–water partition coefficient (Wildman–Crippen LogP) is 2.25. The summed E-state index contributed by atoms with van der Waals surface area (Å²) >= 11 is 0. The van der Waals surface area contributed by atoms with Gasteiger partial charge in [0.1, 0.15) is 11.2 Å². The summed E-state index contributed by atoms with van der Waals surface area (Å²) in [6.07, 6.45) is -0.713. The molecule has 30 heavy (non-hydrogen) atoms. The second-order valence-corrected chi connectivity index (χ2v) is 10.1. The van der Waals surface area contributed by atoms with Crippen LogP contribution in [0.4, 0.5) is 10.5 Å². The summed E-state index contributed by atoms with van der Waals surface area (Å²) in [5, 5.41) is 25.1. The van der Waals surface area contributed by atoms with Gasteiger partial charge in [0, 0.05) is 45.0 Å². The quantitative estimate of drug-likeness (QED) is 0.469. The van der Waals surface area contributed by atoms with Crippen LogP contribution >= 0.6 is 0 Å². The van der Waals surface area contributed by atoms with E-state index in [2.05, 4.69) is 5.32 Å². The molecule has 0 heterocycles. The molecule has 0 radical (unpaired) electrons. The number of hydrogen-bond acceptors (Lipinski definition) is 8. The minimum absolute atomic E-state index is 0.0564. The van der Waals surface area contributed by atoms with Crippen LogP contribution in [0.25, 0.3) is 0 Å². The van der Waals surface area contributed by atoms with E-state index in [4.69, 9.17) is 4.74 Å². The number of rotatable bonds is 8. The maximum Gasteiger partial charge on any atom is 0.407 e. The molecule has 0 saturated heterocycles. The molecule has 1 rings (SSSR count). The van der Waals surface area contributed by atoms with Crippen molar-refractivity contribution in [2.45, 2.75) is 50.7 Å². The maximum absolute atomic E-state index is 12.7. The van der Waals surface area contributed by atoms with Crippen molar-refractivity contribution in [2.24, 2.45) is 0 Å². The van der Waals surface area contributed by atoms with Gasteiger partial charge in [-0.15, -0.1) is 0 Å². The smallest absolute Gasteiger partial charge is 0.407 e. The van der Waals surface area contributed by atoms with E-state index in [1.165, 1.54) is 20.9 Å². The van der Waals surface area contributed by atoms with E-state index < -0.39 is 47.7 Å². The Balaban J connectivity index is 3.07. The zero-order chi connectivity index (χ0) is 23.5. The second-order valence-electron chi connectivity index (χ2n) is 8.01. The molecule has 1 amide bonds. The molecule has 0 aromatic heterocycles. The van der Waals surface area contributed by atoms with E-state index in [1.807, 2.05) is 0 Å². The lowest BCUT2D eigenvalue weighted by molar-refractivity contribution is -0.570. The van der Waals surface area contributed by atoms with Crippen LogP contribution < -0.4 is 5.32 Å². The van der Waals surface area contributed by atoms with Gasteiger partial charge in [0.2, 0.25) is 15.6 Å². The molecule has 168 valence electrons. The molecule has 0 saturated carbocycles. The van der Waals surface area contributed by atoms with Crippen molar-refractivity contribution >= 4 is 21.8 Å². The molecule has 0 atom stereocenters. The highest BCUT2D eigenvalue weighted by Gasteiger charge is 2.40. The largest absolute Gasteiger partial charge is 0.444 e. The number of carbonyl (C=O) groups is 1. The maximum atomic E-state index is 12.7. The highest BCUT2D eigenvalue weighted by molar-refractivity contribution is 7.89. The number of sulfonamides is 1. The Morgan fingerprint density at radius 2 is 1.73 bits per heavy atom. The summed E-state index contributed by atoms with van der Waals surface area (Å²) in [6, 6.07) is 2.95. The van der Waals surface area contributed by atoms with Crippen LogP contribution in [-0.2, 0) is 20.3 Å². The Hall–Kier alpha value is -2.80. The van der Waals surface area contributed by atoms with E-state index in [0.717, 1.165) is 22.5 Å². The molecule has 1 aromatic carbocycles. The third-order valence-corrected chi connectivity index (χ3v) is 5.94. The van der Waals surface area contributed by atoms with Crippen LogP contribution in [-0.4, -0.2) is 54.4 Å². The van der Waals surface area contributed by atoms with Gasteiger partial charge in [-0.05, 0) is 32.9 Å². The predicted molar refractivity (Wildman–Crippen MR) is 107 cm³/mol. The number of nitro groups is 2. The first kappa shape index (κ1) is 25.2. The Morgan fingerprint density at radius 1 is 1.17 bits per heavy atom. The molecule has 0 aliphatic heterocycles. The average Bonchev–Trinajstić information content (AvgIpc) is 2.59. The summed E-state index contributed by atoms with van der Waals surface area (Å²) in [7, 11) is -2.90. The SMILES string of the molecule is CN(CCNC(=O)OC(C)(C)C)S(=O)(=O)c1ccc(C(C)(C)[N+](=O)[O-])c([N+](=O)[O-])c1. The van der Waals surface area contributed by atoms with Gasteiger partial charge in [0.25, 0.3) is 5.69 Å². The zero-order valence-electron chi connectivity index (χ0n) is 17.7. The summed E-state index contributed by atoms with van der Waals surface area (Å²) in [4.78, 5) is 32.4. The van der Waals surface area contributed by atoms with E-state index in [0.29, 0.717) is 0 Å². The van der Waals surface area contributed by atoms with Crippen LogP contribution in [0, 0.1) is 20.2 Å². The Labute approximate surface area is 174 Å². The molecule has 1 N–H and O–H groups in total. The van der Waals surface area contributed by atoms with Crippen LogP contribution in [0.3, 0.4) is 0 Å². The third-order valence-electron chi connectivity index (χ3n) is 4.08. The van der Waals surface area contributed by atoms with Gasteiger partial charge >= 0.3 is 6.09 Å². The van der Waals surface area contributed by atoms with Crippen molar-refractivity contribution in [2.75, 3.05) is 20.1 Å². The molecular formula is C17H26N4O8S. The van der Waals surface area contributed by atoms with Crippen LogP contribution in [0.1, 0.15) is 40.2 Å². The van der Waals surface area contributed by atoms with Crippen LogP contribution in [0.2, 0.25) is 0 Å². The summed E-state index contributed by atoms with van der Waals surface area (Å²) in [5.74, 6) is 0. The standard InChI is InChI=1S/C17H26N4O8S/c1-16(2,3)29-15(22)18-9-10-19(6)30(27,28)12-7-8-13(14(11-12)20(23)24)17(4,5)21(25)26/h7-8,11H,9-10H2,1-6H3,(H,18,22). The van der Waals surface area contributed by atoms with Crippen molar-refractivity contribution < 1.29 is 27.8 Å². The molecule has 1 aromatic rings. The monoisotopic (exact) mass is 446 g/mol. The third kappa shape index (κ3) is 6.10. The molecular weight excluding hydrogens is 420 g/mol. The molecule has 0 aliphatic carbocycles. The number of nitrogens with one attached hydrogen (secondary N) is 1. The summed E-state index contributed by atoms with van der Waals surface area (Å²) in [6.45, 7) is 7.24. The van der Waals surface area contributed by atoms with E-state index in [1.54, 1.807) is 20.8 Å². The van der Waals surface area contributed by atoms with Crippen molar-refractivity contribution in [1.29, 1.82) is 0 Å². The number of hydrogen-bond donors (Lipinski definition) is 1. The van der Waals surface area contributed by atoms with Gasteiger partial charge < -0.3 is 10.1 Å². The van der Waals surface area contributed by atoms with Gasteiger partial charge in [0.15, 0.2) is 0 Å². The van der Waals surface area contributed by atoms with Crippen molar-refractivity contribution in [3.8, 4) is 0 Å². The molecule has 13 heteroatoms. The number of nitrogens with zero attached hydrogens (tertiary/aromatic N) is 3. The number of ether oxygens (including phenoxy) is 1. The number of nitro benzene ring substituents is 1. The molecule has 0 spiro atoms. The second kappa shape index (κ2) is 8.92. The first-order chi connectivity index (χ1) is 13.5. The summed E-state index contributed by atoms with van der Waals surface area (Å²) < 4.78 is 31.4. The van der Waals surface area contributed by atoms with Gasteiger partial charge in [-0.25, -0.2) is 13.2 Å².